The molecule has 1 nitrogen and oxygen atoms in total. The van der Waals surface area contributed by atoms with E-state index in [-0.39, 0.29) is 14.1 Å². The van der Waals surface area contributed by atoms with E-state index in [9.17, 15) is 0 Å². The van der Waals surface area contributed by atoms with Gasteiger partial charge in [0.15, 0.2) is 0 Å². The van der Waals surface area contributed by atoms with Crippen LogP contribution in [0.25, 0.3) is 0 Å². The van der Waals surface area contributed by atoms with Gasteiger partial charge in [-0.1, -0.05) is 30.1 Å². The molecule has 0 atom stereocenters. The van der Waals surface area contributed by atoms with Gasteiger partial charge in [-0.25, -0.2) is 0 Å². The van der Waals surface area contributed by atoms with E-state index in [2.05, 4.69) is 4.72 Å². The Labute approximate surface area is 73.8 Å². The molecule has 0 aliphatic rings. The summed E-state index contributed by atoms with van der Waals surface area (Å²) in [6.07, 6.45) is 2.01. The van der Waals surface area contributed by atoms with Crippen LogP contribution in [0, 0.1) is 0 Å². The lowest BCUT2D eigenvalue weighted by Gasteiger charge is -1.98. The minimum absolute atomic E-state index is 0. The van der Waals surface area contributed by atoms with Crippen molar-refractivity contribution in [2.75, 3.05) is 11.0 Å². The van der Waals surface area contributed by atoms with E-state index in [1.165, 1.54) is 0 Å². The van der Waals surface area contributed by atoms with Crippen LogP contribution in [0.3, 0.4) is 0 Å². The van der Waals surface area contributed by atoms with Crippen LogP contribution in [0.2, 0.25) is 0 Å². The van der Waals surface area contributed by atoms with Gasteiger partial charge in [-0.3, -0.25) is 14.1 Å². The van der Waals surface area contributed by atoms with Crippen LogP contribution in [0.4, 0.5) is 19.8 Å². The minimum atomic E-state index is 0. The van der Waals surface area contributed by atoms with Crippen LogP contribution in [-0.2, 0) is 0 Å². The maximum atomic E-state index is 3.12. The number of para-hydroxylation sites is 1. The second kappa shape index (κ2) is 10.2. The van der Waals surface area contributed by atoms with Gasteiger partial charge in [-0.15, -0.1) is 0 Å². The summed E-state index contributed by atoms with van der Waals surface area (Å²) >= 11 is 1.60. The average molecular weight is 199 g/mol. The molecule has 0 aromatic heterocycles. The maximum absolute atomic E-state index is 3.12. The molecular weight excluding hydrogens is 187 g/mol. The van der Waals surface area contributed by atoms with E-state index in [4.69, 9.17) is 0 Å². The van der Waals surface area contributed by atoms with Gasteiger partial charge in [0.05, 0.1) is 0 Å². The van der Waals surface area contributed by atoms with Crippen LogP contribution in [0.5, 0.6) is 0 Å². The molecule has 5 heteroatoms. The fourth-order valence-electron chi connectivity index (χ4n) is 0.624. The highest BCUT2D eigenvalue weighted by Gasteiger charge is 1.82. The lowest BCUT2D eigenvalue weighted by Crippen LogP contribution is -1.81. The van der Waals surface area contributed by atoms with Crippen molar-refractivity contribution in [3.63, 3.8) is 0 Å². The van der Waals surface area contributed by atoms with Crippen molar-refractivity contribution in [2.24, 2.45) is 0 Å². The van der Waals surface area contributed by atoms with Crippen LogP contribution in [0.1, 0.15) is 0 Å². The second-order valence-corrected chi connectivity index (χ2v) is 2.28. The molecule has 1 rings (SSSR count). The number of halogens is 3. The largest absolute Gasteiger partial charge is 0.330 e. The van der Waals surface area contributed by atoms with Gasteiger partial charge in [0.25, 0.3) is 0 Å². The topological polar surface area (TPSA) is 12.0 Å². The molecule has 0 aliphatic carbocycles. The number of anilines is 1. The molecule has 72 valence electrons. The molecule has 0 amide bonds. The van der Waals surface area contributed by atoms with E-state index in [0.717, 1.165) is 5.69 Å². The Kier molecular flexibility index (Phi) is 14.6. The van der Waals surface area contributed by atoms with Crippen LogP contribution in [0.15, 0.2) is 30.3 Å². The second-order valence-electron chi connectivity index (χ2n) is 1.67. The molecule has 1 aromatic carbocycles. The summed E-state index contributed by atoms with van der Waals surface area (Å²) in [5, 5.41) is 0. The predicted octanol–water partition coefficient (Wildman–Crippen LogP) is 2.83. The number of hydrogen-bond donors (Lipinski definition) is 1. The summed E-state index contributed by atoms with van der Waals surface area (Å²) in [6.45, 7) is 0. The highest BCUT2D eigenvalue weighted by molar-refractivity contribution is 7.99. The lowest BCUT2D eigenvalue weighted by atomic mass is 10.3. The smallest absolute Gasteiger partial charge is 0.0439 e. The quantitative estimate of drug-likeness (QED) is 0.735. The highest BCUT2D eigenvalue weighted by atomic mass is 32.2. The average Bonchev–Trinajstić information content (AvgIpc) is 1.91. The molecule has 0 aliphatic heterocycles. The van der Waals surface area contributed by atoms with E-state index < -0.39 is 0 Å². The fourth-order valence-corrected chi connectivity index (χ4v) is 0.996. The van der Waals surface area contributed by atoms with Gasteiger partial charge < -0.3 is 4.72 Å². The first-order chi connectivity index (χ1) is 4.43. The van der Waals surface area contributed by atoms with E-state index in [1.54, 1.807) is 11.9 Å². The molecule has 1 N–H and O–H groups in total. The summed E-state index contributed by atoms with van der Waals surface area (Å²) in [7, 11) is 0. The first-order valence-corrected chi connectivity index (χ1v) is 4.00. The van der Waals surface area contributed by atoms with E-state index >= 15 is 0 Å². The van der Waals surface area contributed by atoms with Crippen LogP contribution < -0.4 is 4.72 Å². The Morgan fingerprint density at radius 2 is 1.50 bits per heavy atom. The zero-order valence-electron chi connectivity index (χ0n) is 6.52. The highest BCUT2D eigenvalue weighted by Crippen LogP contribution is 2.08. The van der Waals surface area contributed by atoms with Crippen molar-refractivity contribution in [2.45, 2.75) is 0 Å². The number of rotatable bonds is 2. The van der Waals surface area contributed by atoms with E-state index in [0.29, 0.717) is 0 Å². The molecule has 0 unspecified atom stereocenters. The van der Waals surface area contributed by atoms with Gasteiger partial charge in [0.2, 0.25) is 0 Å². The fraction of sp³-hybridized carbons (Fsp3) is 0.143. The zero-order chi connectivity index (χ0) is 6.53. The third kappa shape index (κ3) is 5.91. The summed E-state index contributed by atoms with van der Waals surface area (Å²) in [4.78, 5) is 0. The van der Waals surface area contributed by atoms with Gasteiger partial charge in [-0.2, -0.15) is 0 Å². The van der Waals surface area contributed by atoms with Gasteiger partial charge in [0, 0.05) is 11.9 Å². The summed E-state index contributed by atoms with van der Waals surface area (Å²) in [5.41, 5.74) is 1.16. The Balaban J connectivity index is -0.000000270. The van der Waals surface area contributed by atoms with Crippen LogP contribution in [-0.4, -0.2) is 6.26 Å². The molecule has 0 bridgehead atoms. The molecule has 0 spiro atoms. The normalized spacial score (nSPS) is 6.75. The summed E-state index contributed by atoms with van der Waals surface area (Å²) in [5.74, 6) is 0. The Morgan fingerprint density at radius 3 is 1.92 bits per heavy atom. The summed E-state index contributed by atoms with van der Waals surface area (Å²) < 4.78 is 3.12. The molecule has 1 aromatic rings. The minimum Gasteiger partial charge on any atom is -0.330 e. The molecule has 0 saturated carbocycles. The van der Waals surface area contributed by atoms with Gasteiger partial charge in [0.1, 0.15) is 0 Å². The molecular formula is C7H12F3NS. The van der Waals surface area contributed by atoms with Crippen LogP contribution >= 0.6 is 11.9 Å². The Morgan fingerprint density at radius 1 is 1.00 bits per heavy atom. The molecule has 0 saturated heterocycles. The predicted molar refractivity (Wildman–Crippen MR) is 51.1 cm³/mol. The van der Waals surface area contributed by atoms with Gasteiger partial charge in [-0.05, 0) is 12.1 Å². The third-order valence-corrected chi connectivity index (χ3v) is 1.43. The van der Waals surface area contributed by atoms with Gasteiger partial charge >= 0.3 is 0 Å². The van der Waals surface area contributed by atoms with Crippen molar-refractivity contribution >= 4 is 17.6 Å². The van der Waals surface area contributed by atoms with Crippen molar-refractivity contribution < 1.29 is 14.1 Å². The van der Waals surface area contributed by atoms with Crippen molar-refractivity contribution in [3.8, 4) is 0 Å². The van der Waals surface area contributed by atoms with Crippen molar-refractivity contribution in [1.82, 2.24) is 0 Å². The molecule has 0 heterocycles. The third-order valence-electron chi connectivity index (χ3n) is 0.994. The van der Waals surface area contributed by atoms with Crippen molar-refractivity contribution in [1.29, 1.82) is 0 Å². The first kappa shape index (κ1) is 17.3. The molecule has 0 fully saturated rings. The maximum Gasteiger partial charge on any atom is 0.0439 e. The Hall–Kier alpha value is -0.840. The number of nitrogens with one attached hydrogen (secondary N) is 1. The molecule has 0 radical (unpaired) electrons. The number of hydrogen-bond acceptors (Lipinski definition) is 2. The molecule has 12 heavy (non-hydrogen) atoms. The lowest BCUT2D eigenvalue weighted by molar-refractivity contribution is 1.11. The Bertz CT molecular complexity index is 172. The standard InChI is InChI=1S/C7H9NS.3FH/c1-9-8-7-5-3-2-4-6-7;;;/h2-6,8H,1H3;3*1H. The van der Waals surface area contributed by atoms with E-state index in [1.807, 2.05) is 36.6 Å². The zero-order valence-corrected chi connectivity index (χ0v) is 7.34. The first-order valence-electron chi connectivity index (χ1n) is 2.77. The van der Waals surface area contributed by atoms with Crippen molar-refractivity contribution in [3.05, 3.63) is 30.3 Å². The SMILES string of the molecule is CSNc1ccccc1.F.F.F. The monoisotopic (exact) mass is 199 g/mol. The number of benzene rings is 1. The summed E-state index contributed by atoms with van der Waals surface area (Å²) in [6, 6.07) is 10.1.